The van der Waals surface area contributed by atoms with Gasteiger partial charge in [-0.05, 0) is 12.3 Å². The van der Waals surface area contributed by atoms with Gasteiger partial charge in [-0.1, -0.05) is 40.0 Å². The highest BCUT2D eigenvalue weighted by molar-refractivity contribution is 7.89. The summed E-state index contributed by atoms with van der Waals surface area (Å²) in [6, 6.07) is 0. The molecule has 0 bridgehead atoms. The third-order valence-corrected chi connectivity index (χ3v) is 3.66. The average molecular weight is 288 g/mol. The van der Waals surface area contributed by atoms with E-state index in [0.717, 1.165) is 19.3 Å². The zero-order valence-corrected chi connectivity index (χ0v) is 12.8. The van der Waals surface area contributed by atoms with Gasteiger partial charge < -0.3 is 4.57 Å². The van der Waals surface area contributed by atoms with Crippen LogP contribution in [-0.2, 0) is 23.0 Å². The van der Waals surface area contributed by atoms with Crippen LogP contribution in [0.2, 0.25) is 0 Å². The lowest BCUT2D eigenvalue weighted by molar-refractivity contribution is 0.466. The predicted octanol–water partition coefficient (Wildman–Crippen LogP) is 1.70. The van der Waals surface area contributed by atoms with Gasteiger partial charge in [-0.15, -0.1) is 10.2 Å². The van der Waals surface area contributed by atoms with Gasteiger partial charge in [0, 0.05) is 13.0 Å². The van der Waals surface area contributed by atoms with Crippen molar-refractivity contribution in [1.29, 1.82) is 0 Å². The highest BCUT2D eigenvalue weighted by Gasteiger charge is 2.21. The average Bonchev–Trinajstić information content (AvgIpc) is 2.66. The van der Waals surface area contributed by atoms with Crippen LogP contribution in [0, 0.1) is 5.92 Å². The summed E-state index contributed by atoms with van der Waals surface area (Å²) in [7, 11) is -3.80. The fourth-order valence-electron chi connectivity index (χ4n) is 1.97. The second-order valence-corrected chi connectivity index (χ2v) is 6.71. The molecule has 2 N–H and O–H groups in total. The molecule has 1 rings (SSSR count). The molecule has 0 atom stereocenters. The maximum Gasteiger partial charge on any atom is 0.273 e. The van der Waals surface area contributed by atoms with Crippen molar-refractivity contribution in [3.63, 3.8) is 0 Å². The van der Waals surface area contributed by atoms with E-state index in [1.807, 2.05) is 13.8 Å². The fraction of sp³-hybridized carbons (Fsp3) is 0.833. The third-order valence-electron chi connectivity index (χ3n) is 2.85. The number of aromatic nitrogens is 3. The van der Waals surface area contributed by atoms with Crippen molar-refractivity contribution in [2.45, 2.75) is 64.6 Å². The maximum atomic E-state index is 11.5. The minimum atomic E-state index is -3.80. The number of primary sulfonamides is 1. The second kappa shape index (κ2) is 7.00. The Kier molecular flexibility index (Phi) is 5.93. The quantitative estimate of drug-likeness (QED) is 0.737. The van der Waals surface area contributed by atoms with E-state index >= 15 is 0 Å². The molecule has 6 nitrogen and oxygen atoms in total. The van der Waals surface area contributed by atoms with Gasteiger partial charge >= 0.3 is 0 Å². The summed E-state index contributed by atoms with van der Waals surface area (Å²) >= 11 is 0. The first-order valence-electron chi connectivity index (χ1n) is 6.81. The fourth-order valence-corrected chi connectivity index (χ4v) is 2.61. The van der Waals surface area contributed by atoms with Crippen molar-refractivity contribution in [2.75, 3.05) is 0 Å². The minimum absolute atomic E-state index is 0.119. The number of hydrogen-bond donors (Lipinski definition) is 1. The molecule has 7 heteroatoms. The summed E-state index contributed by atoms with van der Waals surface area (Å²) in [5, 5.41) is 12.8. The molecule has 19 heavy (non-hydrogen) atoms. The standard InChI is InChI=1S/C12H24N4O2S/c1-4-5-6-7-8-11-14-15-12(19(13,17)18)16(11)9-10(2)3/h10H,4-9H2,1-3H3,(H2,13,17,18). The van der Waals surface area contributed by atoms with E-state index in [-0.39, 0.29) is 5.16 Å². The molecule has 0 fully saturated rings. The zero-order chi connectivity index (χ0) is 14.5. The number of unbranched alkanes of at least 4 members (excludes halogenated alkanes) is 3. The van der Waals surface area contributed by atoms with E-state index in [4.69, 9.17) is 5.14 Å². The van der Waals surface area contributed by atoms with Crippen LogP contribution in [0.3, 0.4) is 0 Å². The van der Waals surface area contributed by atoms with Crippen LogP contribution in [0.5, 0.6) is 0 Å². The van der Waals surface area contributed by atoms with E-state index in [0.29, 0.717) is 18.3 Å². The summed E-state index contributed by atoms with van der Waals surface area (Å²) < 4.78 is 24.6. The molecule has 1 heterocycles. The zero-order valence-electron chi connectivity index (χ0n) is 12.0. The number of aryl methyl sites for hydroxylation is 1. The Morgan fingerprint density at radius 1 is 1.21 bits per heavy atom. The normalized spacial score (nSPS) is 12.3. The van der Waals surface area contributed by atoms with Crippen LogP contribution < -0.4 is 5.14 Å². The molecule has 0 amide bonds. The lowest BCUT2D eigenvalue weighted by atomic mass is 10.1. The van der Waals surface area contributed by atoms with Gasteiger partial charge in [0.2, 0.25) is 0 Å². The molecular formula is C12H24N4O2S. The number of sulfonamides is 1. The van der Waals surface area contributed by atoms with Crippen LogP contribution in [0.25, 0.3) is 0 Å². The molecule has 1 aromatic heterocycles. The molecule has 1 aromatic rings. The molecular weight excluding hydrogens is 264 g/mol. The molecule has 0 aliphatic rings. The topological polar surface area (TPSA) is 90.9 Å². The Balaban J connectivity index is 2.88. The van der Waals surface area contributed by atoms with Crippen molar-refractivity contribution >= 4 is 10.0 Å². The number of nitrogens with two attached hydrogens (primary N) is 1. The van der Waals surface area contributed by atoms with E-state index in [1.165, 1.54) is 12.8 Å². The van der Waals surface area contributed by atoms with Crippen LogP contribution in [0.1, 0.15) is 52.3 Å². The first-order chi connectivity index (χ1) is 8.86. The van der Waals surface area contributed by atoms with Gasteiger partial charge in [0.15, 0.2) is 0 Å². The Morgan fingerprint density at radius 3 is 2.42 bits per heavy atom. The third kappa shape index (κ3) is 4.91. The summed E-state index contributed by atoms with van der Waals surface area (Å²) in [6.45, 7) is 6.77. The van der Waals surface area contributed by atoms with Crippen molar-refractivity contribution in [3.8, 4) is 0 Å². The van der Waals surface area contributed by atoms with Crippen molar-refractivity contribution < 1.29 is 8.42 Å². The monoisotopic (exact) mass is 288 g/mol. The predicted molar refractivity (Wildman–Crippen MR) is 74.1 cm³/mol. The first-order valence-corrected chi connectivity index (χ1v) is 8.35. The van der Waals surface area contributed by atoms with Crippen molar-refractivity contribution in [3.05, 3.63) is 5.82 Å². The molecule has 0 aliphatic carbocycles. The Morgan fingerprint density at radius 2 is 1.89 bits per heavy atom. The highest BCUT2D eigenvalue weighted by atomic mass is 32.2. The SMILES string of the molecule is CCCCCCc1nnc(S(N)(=O)=O)n1CC(C)C. The Bertz CT molecular complexity index is 494. The summed E-state index contributed by atoms with van der Waals surface area (Å²) in [6.07, 6.45) is 5.21. The largest absolute Gasteiger partial charge is 0.300 e. The van der Waals surface area contributed by atoms with E-state index in [1.54, 1.807) is 4.57 Å². The molecule has 0 saturated carbocycles. The van der Waals surface area contributed by atoms with Gasteiger partial charge in [0.1, 0.15) is 5.82 Å². The van der Waals surface area contributed by atoms with Crippen molar-refractivity contribution in [1.82, 2.24) is 14.8 Å². The molecule has 0 aromatic carbocycles. The van der Waals surface area contributed by atoms with E-state index in [2.05, 4.69) is 17.1 Å². The van der Waals surface area contributed by atoms with E-state index < -0.39 is 10.0 Å². The van der Waals surface area contributed by atoms with Crippen LogP contribution >= 0.6 is 0 Å². The molecule has 0 aliphatic heterocycles. The highest BCUT2D eigenvalue weighted by Crippen LogP contribution is 2.13. The summed E-state index contributed by atoms with van der Waals surface area (Å²) in [5.41, 5.74) is 0. The molecule has 0 saturated heterocycles. The van der Waals surface area contributed by atoms with Gasteiger partial charge in [-0.25, -0.2) is 13.6 Å². The van der Waals surface area contributed by atoms with Gasteiger partial charge in [0.05, 0.1) is 0 Å². The molecule has 0 spiro atoms. The number of rotatable bonds is 8. The minimum Gasteiger partial charge on any atom is -0.300 e. The van der Waals surface area contributed by atoms with Gasteiger partial charge in [-0.3, -0.25) is 0 Å². The summed E-state index contributed by atoms with van der Waals surface area (Å²) in [5.74, 6) is 1.03. The van der Waals surface area contributed by atoms with Gasteiger partial charge in [-0.2, -0.15) is 0 Å². The molecule has 0 unspecified atom stereocenters. The van der Waals surface area contributed by atoms with E-state index in [9.17, 15) is 8.42 Å². The Hall–Kier alpha value is -0.950. The lowest BCUT2D eigenvalue weighted by Gasteiger charge is -2.11. The second-order valence-electron chi connectivity index (χ2n) is 5.26. The maximum absolute atomic E-state index is 11.5. The Labute approximate surface area is 115 Å². The van der Waals surface area contributed by atoms with Crippen LogP contribution in [0.15, 0.2) is 5.16 Å². The molecule has 0 radical (unpaired) electrons. The molecule has 110 valence electrons. The lowest BCUT2D eigenvalue weighted by Crippen LogP contribution is -2.21. The van der Waals surface area contributed by atoms with Crippen LogP contribution in [0.4, 0.5) is 0 Å². The number of nitrogens with zero attached hydrogens (tertiary/aromatic N) is 3. The van der Waals surface area contributed by atoms with Crippen molar-refractivity contribution in [2.24, 2.45) is 11.1 Å². The van der Waals surface area contributed by atoms with Gasteiger partial charge in [0.25, 0.3) is 15.2 Å². The number of hydrogen-bond acceptors (Lipinski definition) is 4. The van der Waals surface area contributed by atoms with Crippen LogP contribution in [-0.4, -0.2) is 23.2 Å². The smallest absolute Gasteiger partial charge is 0.273 e. The summed E-state index contributed by atoms with van der Waals surface area (Å²) in [4.78, 5) is 0. The first kappa shape index (κ1) is 16.1.